The summed E-state index contributed by atoms with van der Waals surface area (Å²) < 4.78 is 26.9. The Morgan fingerprint density at radius 1 is 1.07 bits per heavy atom. The Morgan fingerprint density at radius 2 is 1.71 bits per heavy atom. The van der Waals surface area contributed by atoms with Gasteiger partial charge in [0, 0.05) is 19.7 Å². The molecule has 0 saturated heterocycles. The van der Waals surface area contributed by atoms with Crippen molar-refractivity contribution in [3.63, 3.8) is 0 Å². The molecule has 0 aliphatic rings. The number of aliphatic hydroxyl groups excluding tert-OH is 1. The molecule has 0 radical (unpaired) electrons. The van der Waals surface area contributed by atoms with Crippen LogP contribution in [0.5, 0.6) is 0 Å². The summed E-state index contributed by atoms with van der Waals surface area (Å²) >= 11 is 0. The van der Waals surface area contributed by atoms with Crippen molar-refractivity contribution in [3.8, 4) is 0 Å². The molecule has 0 aromatic rings. The van der Waals surface area contributed by atoms with Gasteiger partial charge in [-0.3, -0.25) is 0 Å². The average molecular weight is 224 g/mol. The predicted molar refractivity (Wildman–Crippen MR) is 56.2 cm³/mol. The van der Waals surface area contributed by atoms with Gasteiger partial charge in [-0.1, -0.05) is 19.8 Å². The quantitative estimate of drug-likeness (QED) is 0.482. The summed E-state index contributed by atoms with van der Waals surface area (Å²) in [6.07, 6.45) is 3.49. The monoisotopic (exact) mass is 224 g/mol. The second-order valence-electron chi connectivity index (χ2n) is 3.03. The van der Waals surface area contributed by atoms with E-state index in [1.165, 1.54) is 0 Å². The van der Waals surface area contributed by atoms with Gasteiger partial charge in [0.05, 0.1) is 0 Å². The van der Waals surface area contributed by atoms with Gasteiger partial charge < -0.3 is 5.11 Å². The van der Waals surface area contributed by atoms with E-state index in [-0.39, 0.29) is 6.61 Å². The Morgan fingerprint density at radius 3 is 2.29 bits per heavy atom. The minimum atomic E-state index is -3.27. The van der Waals surface area contributed by atoms with Gasteiger partial charge in [0.15, 0.2) is 0 Å². The number of unbranched alkanes of at least 4 members (excludes halogenated alkanes) is 3. The fourth-order valence-corrected chi connectivity index (χ4v) is 1.93. The summed E-state index contributed by atoms with van der Waals surface area (Å²) in [6.45, 7) is 2.81. The van der Waals surface area contributed by atoms with Crippen molar-refractivity contribution in [2.24, 2.45) is 0 Å². The maximum atomic E-state index is 11.1. The van der Waals surface area contributed by atoms with Crippen molar-refractivity contribution in [1.29, 1.82) is 0 Å². The second kappa shape index (κ2) is 8.16. The fourth-order valence-electron chi connectivity index (χ4n) is 1.04. The van der Waals surface area contributed by atoms with Crippen LogP contribution in [0.15, 0.2) is 0 Å². The van der Waals surface area contributed by atoms with Crippen molar-refractivity contribution >= 4 is 10.2 Å². The van der Waals surface area contributed by atoms with Crippen LogP contribution in [0.1, 0.15) is 32.6 Å². The maximum absolute atomic E-state index is 11.1. The Kier molecular flexibility index (Phi) is 8.07. The lowest BCUT2D eigenvalue weighted by atomic mass is 10.2. The molecule has 0 fully saturated rings. The highest BCUT2D eigenvalue weighted by Crippen LogP contribution is 1.97. The van der Waals surface area contributed by atoms with Crippen LogP contribution >= 0.6 is 0 Å². The Labute approximate surface area is 86.1 Å². The van der Waals surface area contributed by atoms with Crippen LogP contribution < -0.4 is 9.44 Å². The molecule has 3 N–H and O–H groups in total. The van der Waals surface area contributed by atoms with E-state index >= 15 is 0 Å². The molecule has 86 valence electrons. The lowest BCUT2D eigenvalue weighted by Crippen LogP contribution is -2.36. The first-order valence-electron chi connectivity index (χ1n) is 4.97. The highest BCUT2D eigenvalue weighted by molar-refractivity contribution is 7.87. The van der Waals surface area contributed by atoms with Crippen molar-refractivity contribution in [2.45, 2.75) is 32.6 Å². The van der Waals surface area contributed by atoms with Crippen LogP contribution in [-0.4, -0.2) is 33.2 Å². The van der Waals surface area contributed by atoms with Gasteiger partial charge in [-0.05, 0) is 12.8 Å². The molecule has 14 heavy (non-hydrogen) atoms. The molecule has 0 spiro atoms. The van der Waals surface area contributed by atoms with Crippen molar-refractivity contribution in [2.75, 3.05) is 19.7 Å². The van der Waals surface area contributed by atoms with Crippen LogP contribution in [0.4, 0.5) is 0 Å². The number of aliphatic hydroxyl groups is 1. The van der Waals surface area contributed by atoms with E-state index in [9.17, 15) is 8.42 Å². The molecule has 0 aromatic carbocycles. The third kappa shape index (κ3) is 8.43. The van der Waals surface area contributed by atoms with Crippen molar-refractivity contribution < 1.29 is 13.5 Å². The first-order valence-corrected chi connectivity index (χ1v) is 6.46. The zero-order valence-electron chi connectivity index (χ0n) is 8.62. The third-order valence-corrected chi connectivity index (χ3v) is 2.96. The van der Waals surface area contributed by atoms with Gasteiger partial charge in [0.1, 0.15) is 0 Å². The number of rotatable bonds is 9. The molecule has 0 aliphatic carbocycles. The molecular weight excluding hydrogens is 204 g/mol. The molecule has 0 rings (SSSR count). The van der Waals surface area contributed by atoms with Crippen LogP contribution in [0.3, 0.4) is 0 Å². The SMILES string of the molecule is CCNS(=O)(=O)NCCCCCCO. The molecule has 6 heteroatoms. The average Bonchev–Trinajstić information content (AvgIpc) is 2.11. The van der Waals surface area contributed by atoms with E-state index in [1.54, 1.807) is 6.92 Å². The molecule has 0 saturated carbocycles. The van der Waals surface area contributed by atoms with E-state index in [4.69, 9.17) is 5.11 Å². The normalized spacial score (nSPS) is 11.9. The number of nitrogens with one attached hydrogen (secondary N) is 2. The molecule has 0 amide bonds. The molecule has 0 unspecified atom stereocenters. The van der Waals surface area contributed by atoms with Gasteiger partial charge in [0.2, 0.25) is 0 Å². The first kappa shape index (κ1) is 13.8. The van der Waals surface area contributed by atoms with Crippen LogP contribution in [0, 0.1) is 0 Å². The van der Waals surface area contributed by atoms with E-state index in [1.807, 2.05) is 0 Å². The molecule has 0 atom stereocenters. The maximum Gasteiger partial charge on any atom is 0.276 e. The molecule has 0 aliphatic heterocycles. The standard InChI is InChI=1S/C8H20N2O3S/c1-2-9-14(12,13)10-7-5-3-4-6-8-11/h9-11H,2-8H2,1H3. The summed E-state index contributed by atoms with van der Waals surface area (Å²) in [5.74, 6) is 0. The molecule has 5 nitrogen and oxygen atoms in total. The smallest absolute Gasteiger partial charge is 0.276 e. The number of hydrogen-bond acceptors (Lipinski definition) is 3. The highest BCUT2D eigenvalue weighted by atomic mass is 32.2. The first-order chi connectivity index (χ1) is 6.62. The lowest BCUT2D eigenvalue weighted by molar-refractivity contribution is 0.282. The second-order valence-corrected chi connectivity index (χ2v) is 4.62. The molecular formula is C8H20N2O3S. The van der Waals surface area contributed by atoms with Gasteiger partial charge in [-0.15, -0.1) is 0 Å². The molecule has 0 bridgehead atoms. The van der Waals surface area contributed by atoms with E-state index < -0.39 is 10.2 Å². The van der Waals surface area contributed by atoms with Crippen LogP contribution in [-0.2, 0) is 10.2 Å². The topological polar surface area (TPSA) is 78.4 Å². The largest absolute Gasteiger partial charge is 0.396 e. The lowest BCUT2D eigenvalue weighted by Gasteiger charge is -2.05. The third-order valence-electron chi connectivity index (χ3n) is 1.71. The fraction of sp³-hybridized carbons (Fsp3) is 1.00. The predicted octanol–water partition coefficient (Wildman–Crippen LogP) is -0.0170. The minimum absolute atomic E-state index is 0.211. The van der Waals surface area contributed by atoms with E-state index in [0.717, 1.165) is 25.7 Å². The van der Waals surface area contributed by atoms with E-state index in [0.29, 0.717) is 13.1 Å². The van der Waals surface area contributed by atoms with Gasteiger partial charge >= 0.3 is 0 Å². The van der Waals surface area contributed by atoms with Crippen LogP contribution in [0.2, 0.25) is 0 Å². The van der Waals surface area contributed by atoms with Gasteiger partial charge in [-0.25, -0.2) is 9.44 Å². The summed E-state index contributed by atoms with van der Waals surface area (Å²) in [7, 11) is -3.27. The summed E-state index contributed by atoms with van der Waals surface area (Å²) in [6, 6.07) is 0. The summed E-state index contributed by atoms with van der Waals surface area (Å²) in [5, 5.41) is 8.50. The Bertz CT molecular complexity index is 217. The Hall–Kier alpha value is -0.170. The zero-order chi connectivity index (χ0) is 10.9. The zero-order valence-corrected chi connectivity index (χ0v) is 9.44. The van der Waals surface area contributed by atoms with Crippen molar-refractivity contribution in [3.05, 3.63) is 0 Å². The van der Waals surface area contributed by atoms with E-state index in [2.05, 4.69) is 9.44 Å². The Balaban J connectivity index is 3.35. The highest BCUT2D eigenvalue weighted by Gasteiger charge is 2.04. The molecule has 0 aromatic heterocycles. The van der Waals surface area contributed by atoms with Gasteiger partial charge in [-0.2, -0.15) is 8.42 Å². The minimum Gasteiger partial charge on any atom is -0.396 e. The summed E-state index contributed by atoms with van der Waals surface area (Å²) in [4.78, 5) is 0. The number of hydrogen-bond donors (Lipinski definition) is 3. The van der Waals surface area contributed by atoms with Gasteiger partial charge in [0.25, 0.3) is 10.2 Å². The molecule has 0 heterocycles. The summed E-state index contributed by atoms with van der Waals surface area (Å²) in [5.41, 5.74) is 0. The van der Waals surface area contributed by atoms with Crippen LogP contribution in [0.25, 0.3) is 0 Å². The van der Waals surface area contributed by atoms with Crippen molar-refractivity contribution in [1.82, 2.24) is 9.44 Å².